The third-order valence-electron chi connectivity index (χ3n) is 3.03. The molecule has 92 valence electrons. The molecule has 2 rings (SSSR count). The molecule has 0 aliphatic carbocycles. The highest BCUT2D eigenvalue weighted by Gasteiger charge is 2.18. The first-order valence-electron chi connectivity index (χ1n) is 5.83. The standard InChI is InChI=1S/C12H17N3O2/c1-14-5-2-6-15(8-7-14)12(17)10-3-4-13-11(16)9-10/h3-4,9H,2,5-8H2,1H3,(H,13,16). The van der Waals surface area contributed by atoms with Crippen LogP contribution in [0.5, 0.6) is 0 Å². The highest BCUT2D eigenvalue weighted by atomic mass is 16.2. The van der Waals surface area contributed by atoms with Crippen LogP contribution in [0.25, 0.3) is 0 Å². The summed E-state index contributed by atoms with van der Waals surface area (Å²) in [5.74, 6) is -0.0496. The molecule has 1 aromatic heterocycles. The van der Waals surface area contributed by atoms with E-state index in [-0.39, 0.29) is 11.5 Å². The minimum absolute atomic E-state index is 0.0496. The molecule has 0 bridgehead atoms. The number of hydrogen-bond acceptors (Lipinski definition) is 3. The van der Waals surface area contributed by atoms with Crippen LogP contribution in [0.15, 0.2) is 23.1 Å². The molecular formula is C12H17N3O2. The predicted octanol–water partition coefficient (Wildman–Crippen LogP) is 0.153. The lowest BCUT2D eigenvalue weighted by atomic mass is 10.2. The third kappa shape index (κ3) is 2.94. The molecule has 5 nitrogen and oxygen atoms in total. The Balaban J connectivity index is 2.11. The molecule has 17 heavy (non-hydrogen) atoms. The van der Waals surface area contributed by atoms with Gasteiger partial charge in [-0.3, -0.25) is 9.59 Å². The molecule has 0 saturated carbocycles. The van der Waals surface area contributed by atoms with Crippen molar-refractivity contribution >= 4 is 5.91 Å². The summed E-state index contributed by atoms with van der Waals surface area (Å²) in [6, 6.07) is 3.01. The fraction of sp³-hybridized carbons (Fsp3) is 0.500. The Bertz CT molecular complexity index is 455. The number of nitrogens with one attached hydrogen (secondary N) is 1. The van der Waals surface area contributed by atoms with Crippen molar-refractivity contribution in [2.75, 3.05) is 33.2 Å². The summed E-state index contributed by atoms with van der Waals surface area (Å²) in [7, 11) is 2.06. The number of likely N-dealkylation sites (N-methyl/N-ethyl adjacent to an activating group) is 1. The molecule has 1 aromatic rings. The summed E-state index contributed by atoms with van der Waals surface area (Å²) in [6.45, 7) is 3.38. The summed E-state index contributed by atoms with van der Waals surface area (Å²) in [6.07, 6.45) is 2.49. The van der Waals surface area contributed by atoms with Crippen molar-refractivity contribution in [2.45, 2.75) is 6.42 Å². The van der Waals surface area contributed by atoms with Gasteiger partial charge in [0.25, 0.3) is 5.91 Å². The largest absolute Gasteiger partial charge is 0.337 e. The van der Waals surface area contributed by atoms with E-state index in [0.717, 1.165) is 32.6 Å². The monoisotopic (exact) mass is 235 g/mol. The van der Waals surface area contributed by atoms with E-state index in [1.54, 1.807) is 6.07 Å². The van der Waals surface area contributed by atoms with Crippen molar-refractivity contribution in [3.63, 3.8) is 0 Å². The number of nitrogens with zero attached hydrogens (tertiary/aromatic N) is 2. The maximum atomic E-state index is 12.2. The molecular weight excluding hydrogens is 218 g/mol. The van der Waals surface area contributed by atoms with Gasteiger partial charge < -0.3 is 14.8 Å². The molecule has 0 spiro atoms. The minimum Gasteiger partial charge on any atom is -0.337 e. The summed E-state index contributed by atoms with van der Waals surface area (Å²) in [5, 5.41) is 0. The van der Waals surface area contributed by atoms with E-state index < -0.39 is 0 Å². The fourth-order valence-electron chi connectivity index (χ4n) is 2.01. The fourth-order valence-corrected chi connectivity index (χ4v) is 2.01. The zero-order chi connectivity index (χ0) is 12.3. The van der Waals surface area contributed by atoms with Crippen molar-refractivity contribution in [3.8, 4) is 0 Å². The van der Waals surface area contributed by atoms with Gasteiger partial charge in [-0.2, -0.15) is 0 Å². The predicted molar refractivity (Wildman–Crippen MR) is 65.1 cm³/mol. The van der Waals surface area contributed by atoms with Crippen LogP contribution in [-0.4, -0.2) is 53.9 Å². The zero-order valence-corrected chi connectivity index (χ0v) is 9.98. The van der Waals surface area contributed by atoms with E-state index in [4.69, 9.17) is 0 Å². The maximum absolute atomic E-state index is 12.2. The second kappa shape index (κ2) is 5.14. The SMILES string of the molecule is CN1CCCN(C(=O)c2cc[nH]c(=O)c2)CC1. The van der Waals surface area contributed by atoms with Crippen LogP contribution < -0.4 is 5.56 Å². The maximum Gasteiger partial charge on any atom is 0.254 e. The topological polar surface area (TPSA) is 56.4 Å². The van der Waals surface area contributed by atoms with Crippen LogP contribution in [-0.2, 0) is 0 Å². The van der Waals surface area contributed by atoms with Crippen LogP contribution in [0.1, 0.15) is 16.8 Å². The summed E-state index contributed by atoms with van der Waals surface area (Å²) in [4.78, 5) is 29.9. The lowest BCUT2D eigenvalue weighted by Crippen LogP contribution is -2.34. The van der Waals surface area contributed by atoms with Crippen LogP contribution in [0.4, 0.5) is 0 Å². The molecule has 1 N–H and O–H groups in total. The van der Waals surface area contributed by atoms with E-state index in [9.17, 15) is 9.59 Å². The number of amides is 1. The number of aromatic amines is 1. The molecule has 1 amide bonds. The van der Waals surface area contributed by atoms with E-state index in [0.29, 0.717) is 5.56 Å². The van der Waals surface area contributed by atoms with Gasteiger partial charge in [0.2, 0.25) is 5.56 Å². The molecule has 0 aromatic carbocycles. The van der Waals surface area contributed by atoms with E-state index >= 15 is 0 Å². The average molecular weight is 235 g/mol. The van der Waals surface area contributed by atoms with Gasteiger partial charge in [0.1, 0.15) is 0 Å². The number of hydrogen-bond donors (Lipinski definition) is 1. The van der Waals surface area contributed by atoms with Gasteiger partial charge in [-0.05, 0) is 26.1 Å². The molecule has 1 aliphatic rings. The van der Waals surface area contributed by atoms with Crippen LogP contribution >= 0.6 is 0 Å². The van der Waals surface area contributed by atoms with Gasteiger partial charge in [-0.1, -0.05) is 0 Å². The van der Waals surface area contributed by atoms with Crippen LogP contribution in [0.3, 0.4) is 0 Å². The van der Waals surface area contributed by atoms with Gasteiger partial charge in [-0.25, -0.2) is 0 Å². The highest BCUT2D eigenvalue weighted by Crippen LogP contribution is 2.06. The Morgan fingerprint density at radius 1 is 1.29 bits per heavy atom. The number of H-pyrrole nitrogens is 1. The zero-order valence-electron chi connectivity index (χ0n) is 9.98. The van der Waals surface area contributed by atoms with E-state index in [1.807, 2.05) is 4.90 Å². The number of aromatic nitrogens is 1. The first kappa shape index (κ1) is 11.9. The Kier molecular flexibility index (Phi) is 3.58. The number of carbonyl (C=O) groups excluding carboxylic acids is 1. The molecule has 1 saturated heterocycles. The van der Waals surface area contributed by atoms with Crippen LogP contribution in [0, 0.1) is 0 Å². The van der Waals surface area contributed by atoms with Crippen molar-refractivity contribution in [3.05, 3.63) is 34.2 Å². The quantitative estimate of drug-likeness (QED) is 0.754. The third-order valence-corrected chi connectivity index (χ3v) is 3.03. The van der Waals surface area contributed by atoms with Crippen molar-refractivity contribution in [1.82, 2.24) is 14.8 Å². The van der Waals surface area contributed by atoms with Crippen molar-refractivity contribution in [1.29, 1.82) is 0 Å². The second-order valence-electron chi connectivity index (χ2n) is 4.39. The summed E-state index contributed by atoms with van der Waals surface area (Å²) < 4.78 is 0. The second-order valence-corrected chi connectivity index (χ2v) is 4.39. The Hall–Kier alpha value is -1.62. The first-order chi connectivity index (χ1) is 8.16. The van der Waals surface area contributed by atoms with E-state index in [1.165, 1.54) is 12.3 Å². The Labute approximate surface area is 100 Å². The number of pyridine rings is 1. The van der Waals surface area contributed by atoms with Gasteiger partial charge in [-0.15, -0.1) is 0 Å². The van der Waals surface area contributed by atoms with Gasteiger partial charge in [0.15, 0.2) is 0 Å². The summed E-state index contributed by atoms with van der Waals surface area (Å²) in [5.41, 5.74) is 0.237. The van der Waals surface area contributed by atoms with Gasteiger partial charge in [0, 0.05) is 37.5 Å². The molecule has 0 radical (unpaired) electrons. The average Bonchev–Trinajstić information content (AvgIpc) is 2.53. The lowest BCUT2D eigenvalue weighted by Gasteiger charge is -2.20. The summed E-state index contributed by atoms with van der Waals surface area (Å²) >= 11 is 0. The normalized spacial score (nSPS) is 17.8. The minimum atomic E-state index is -0.234. The van der Waals surface area contributed by atoms with Crippen LogP contribution in [0.2, 0.25) is 0 Å². The first-order valence-corrected chi connectivity index (χ1v) is 5.83. The lowest BCUT2D eigenvalue weighted by molar-refractivity contribution is 0.0762. The highest BCUT2D eigenvalue weighted by molar-refractivity contribution is 5.94. The number of carbonyl (C=O) groups is 1. The molecule has 0 unspecified atom stereocenters. The Morgan fingerprint density at radius 2 is 2.12 bits per heavy atom. The molecule has 1 fully saturated rings. The molecule has 0 atom stereocenters. The smallest absolute Gasteiger partial charge is 0.254 e. The number of rotatable bonds is 1. The molecule has 2 heterocycles. The van der Waals surface area contributed by atoms with Crippen molar-refractivity contribution in [2.24, 2.45) is 0 Å². The Morgan fingerprint density at radius 3 is 2.88 bits per heavy atom. The van der Waals surface area contributed by atoms with Gasteiger partial charge in [0.05, 0.1) is 0 Å². The van der Waals surface area contributed by atoms with Gasteiger partial charge >= 0.3 is 0 Å². The van der Waals surface area contributed by atoms with Crippen molar-refractivity contribution < 1.29 is 4.79 Å². The molecule has 1 aliphatic heterocycles. The van der Waals surface area contributed by atoms with E-state index in [2.05, 4.69) is 16.9 Å². The molecule has 5 heteroatoms.